The number of methoxy groups -OCH3 is 1. The number of hydrogen-bond donors (Lipinski definition) is 1. The molecule has 12 heavy (non-hydrogen) atoms. The van der Waals surface area contributed by atoms with Gasteiger partial charge in [-0.3, -0.25) is 0 Å². The van der Waals surface area contributed by atoms with Crippen LogP contribution in [0.5, 0.6) is 0 Å². The van der Waals surface area contributed by atoms with Gasteiger partial charge in [0.2, 0.25) is 0 Å². The van der Waals surface area contributed by atoms with Gasteiger partial charge in [0.05, 0.1) is 12.1 Å². The third-order valence-electron chi connectivity index (χ3n) is 2.41. The second-order valence-corrected chi connectivity index (χ2v) is 3.36. The number of rotatable bonds is 6. The van der Waals surface area contributed by atoms with E-state index >= 15 is 0 Å². The van der Waals surface area contributed by atoms with Crippen molar-refractivity contribution in [1.29, 1.82) is 0 Å². The van der Waals surface area contributed by atoms with E-state index in [0.717, 1.165) is 12.5 Å². The molecule has 2 nitrogen and oxygen atoms in total. The molecule has 0 spiro atoms. The van der Waals surface area contributed by atoms with Crippen molar-refractivity contribution in [2.75, 3.05) is 13.7 Å². The summed E-state index contributed by atoms with van der Waals surface area (Å²) >= 11 is 0. The SMILES string of the molecule is C=CC(NCC)C(OC)C1CC1. The average molecular weight is 169 g/mol. The van der Waals surface area contributed by atoms with Gasteiger partial charge in [0.25, 0.3) is 0 Å². The standard InChI is InChI=1S/C10H19NO/c1-4-9(11-5-2)10(12-3)8-6-7-8/h4,8-11H,1,5-7H2,2-3H3. The molecule has 0 aliphatic heterocycles. The quantitative estimate of drug-likeness (QED) is 0.609. The fourth-order valence-corrected chi connectivity index (χ4v) is 1.63. The summed E-state index contributed by atoms with van der Waals surface area (Å²) in [6.07, 6.45) is 4.92. The fourth-order valence-electron chi connectivity index (χ4n) is 1.63. The zero-order valence-corrected chi connectivity index (χ0v) is 8.05. The van der Waals surface area contributed by atoms with Crippen LogP contribution in [0.3, 0.4) is 0 Å². The van der Waals surface area contributed by atoms with Crippen LogP contribution in [0.25, 0.3) is 0 Å². The van der Waals surface area contributed by atoms with E-state index in [2.05, 4.69) is 18.8 Å². The molecule has 1 saturated carbocycles. The molecule has 0 aromatic heterocycles. The van der Waals surface area contributed by atoms with Crippen LogP contribution < -0.4 is 5.32 Å². The molecule has 0 aromatic rings. The maximum atomic E-state index is 5.45. The van der Waals surface area contributed by atoms with Crippen molar-refractivity contribution in [2.45, 2.75) is 31.9 Å². The number of nitrogens with one attached hydrogen (secondary N) is 1. The predicted molar refractivity (Wildman–Crippen MR) is 51.2 cm³/mol. The molecule has 1 rings (SSSR count). The third-order valence-corrected chi connectivity index (χ3v) is 2.41. The van der Waals surface area contributed by atoms with Crippen molar-refractivity contribution in [1.82, 2.24) is 5.32 Å². The van der Waals surface area contributed by atoms with Crippen molar-refractivity contribution in [2.24, 2.45) is 5.92 Å². The van der Waals surface area contributed by atoms with E-state index in [1.165, 1.54) is 12.8 Å². The lowest BCUT2D eigenvalue weighted by molar-refractivity contribution is 0.0649. The highest BCUT2D eigenvalue weighted by Crippen LogP contribution is 2.35. The maximum absolute atomic E-state index is 5.45. The Morgan fingerprint density at radius 2 is 2.33 bits per heavy atom. The minimum atomic E-state index is 0.326. The molecule has 1 N–H and O–H groups in total. The molecule has 0 amide bonds. The van der Waals surface area contributed by atoms with Crippen LogP contribution in [0, 0.1) is 5.92 Å². The van der Waals surface area contributed by atoms with Crippen molar-refractivity contribution in [3.05, 3.63) is 12.7 Å². The monoisotopic (exact) mass is 169 g/mol. The van der Waals surface area contributed by atoms with Gasteiger partial charge in [0, 0.05) is 7.11 Å². The first-order valence-electron chi connectivity index (χ1n) is 4.72. The van der Waals surface area contributed by atoms with Gasteiger partial charge in [0.1, 0.15) is 0 Å². The Hall–Kier alpha value is -0.340. The van der Waals surface area contributed by atoms with Crippen molar-refractivity contribution in [3.8, 4) is 0 Å². The van der Waals surface area contributed by atoms with Crippen molar-refractivity contribution >= 4 is 0 Å². The second kappa shape index (κ2) is 4.63. The van der Waals surface area contributed by atoms with Gasteiger partial charge in [-0.25, -0.2) is 0 Å². The molecule has 1 aliphatic rings. The highest BCUT2D eigenvalue weighted by molar-refractivity contribution is 4.98. The molecule has 0 bridgehead atoms. The Bertz CT molecular complexity index is 143. The topological polar surface area (TPSA) is 21.3 Å². The van der Waals surface area contributed by atoms with E-state index in [4.69, 9.17) is 4.74 Å². The summed E-state index contributed by atoms with van der Waals surface area (Å²) in [5.41, 5.74) is 0. The molecule has 70 valence electrons. The molecule has 0 saturated heterocycles. The lowest BCUT2D eigenvalue weighted by Crippen LogP contribution is -2.40. The molecule has 2 heteroatoms. The predicted octanol–water partition coefficient (Wildman–Crippen LogP) is 1.58. The van der Waals surface area contributed by atoms with Gasteiger partial charge in [-0.15, -0.1) is 6.58 Å². The lowest BCUT2D eigenvalue weighted by atomic mass is 10.1. The minimum Gasteiger partial charge on any atom is -0.379 e. The molecule has 0 heterocycles. The highest BCUT2D eigenvalue weighted by atomic mass is 16.5. The highest BCUT2D eigenvalue weighted by Gasteiger charge is 2.35. The van der Waals surface area contributed by atoms with Crippen molar-refractivity contribution in [3.63, 3.8) is 0 Å². The number of likely N-dealkylation sites (N-methyl/N-ethyl adjacent to an activating group) is 1. The first-order valence-corrected chi connectivity index (χ1v) is 4.72. The van der Waals surface area contributed by atoms with Gasteiger partial charge in [-0.1, -0.05) is 13.0 Å². The molecule has 1 aliphatic carbocycles. The molecule has 0 radical (unpaired) electrons. The molecule has 2 atom stereocenters. The Labute approximate surface area is 75.0 Å². The third kappa shape index (κ3) is 2.32. The maximum Gasteiger partial charge on any atom is 0.0787 e. The summed E-state index contributed by atoms with van der Waals surface area (Å²) in [5, 5.41) is 3.36. The smallest absolute Gasteiger partial charge is 0.0787 e. The lowest BCUT2D eigenvalue weighted by Gasteiger charge is -2.23. The van der Waals surface area contributed by atoms with E-state index in [9.17, 15) is 0 Å². The van der Waals surface area contributed by atoms with Crippen LogP contribution in [0.4, 0.5) is 0 Å². The Morgan fingerprint density at radius 3 is 2.67 bits per heavy atom. The van der Waals surface area contributed by atoms with Gasteiger partial charge in [0.15, 0.2) is 0 Å². The first kappa shape index (κ1) is 9.75. The normalized spacial score (nSPS) is 21.8. The van der Waals surface area contributed by atoms with E-state index in [-0.39, 0.29) is 0 Å². The number of hydrogen-bond acceptors (Lipinski definition) is 2. The second-order valence-electron chi connectivity index (χ2n) is 3.36. The van der Waals surface area contributed by atoms with Crippen LogP contribution in [-0.4, -0.2) is 25.8 Å². The molecular formula is C10H19NO. The average Bonchev–Trinajstić information content (AvgIpc) is 2.88. The zero-order valence-electron chi connectivity index (χ0n) is 8.05. The van der Waals surface area contributed by atoms with Gasteiger partial charge >= 0.3 is 0 Å². The largest absolute Gasteiger partial charge is 0.379 e. The van der Waals surface area contributed by atoms with Crippen molar-refractivity contribution < 1.29 is 4.74 Å². The first-order chi connectivity index (χ1) is 5.83. The Morgan fingerprint density at radius 1 is 1.67 bits per heavy atom. The van der Waals surface area contributed by atoms with Crippen LogP contribution in [0.2, 0.25) is 0 Å². The minimum absolute atomic E-state index is 0.326. The van der Waals surface area contributed by atoms with Crippen LogP contribution in [0.15, 0.2) is 12.7 Å². The summed E-state index contributed by atoms with van der Waals surface area (Å²) in [7, 11) is 1.79. The number of ether oxygens (including phenoxy) is 1. The van der Waals surface area contributed by atoms with Gasteiger partial charge in [-0.2, -0.15) is 0 Å². The molecule has 1 fully saturated rings. The molecule has 0 aromatic carbocycles. The van der Waals surface area contributed by atoms with Crippen LogP contribution >= 0.6 is 0 Å². The summed E-state index contributed by atoms with van der Waals surface area (Å²) in [5.74, 6) is 0.761. The zero-order chi connectivity index (χ0) is 8.97. The Balaban J connectivity index is 2.41. The van der Waals surface area contributed by atoms with Gasteiger partial charge < -0.3 is 10.1 Å². The summed E-state index contributed by atoms with van der Waals surface area (Å²) in [6.45, 7) is 6.90. The van der Waals surface area contributed by atoms with Crippen LogP contribution in [-0.2, 0) is 4.74 Å². The van der Waals surface area contributed by atoms with E-state index in [1.807, 2.05) is 6.08 Å². The van der Waals surface area contributed by atoms with E-state index < -0.39 is 0 Å². The summed E-state index contributed by atoms with van der Waals surface area (Å²) in [4.78, 5) is 0. The molecular weight excluding hydrogens is 150 g/mol. The summed E-state index contributed by atoms with van der Waals surface area (Å²) < 4.78 is 5.45. The fraction of sp³-hybridized carbons (Fsp3) is 0.800. The molecule has 2 unspecified atom stereocenters. The van der Waals surface area contributed by atoms with E-state index in [1.54, 1.807) is 7.11 Å². The van der Waals surface area contributed by atoms with Gasteiger partial charge in [-0.05, 0) is 25.3 Å². The summed E-state index contributed by atoms with van der Waals surface area (Å²) in [6, 6.07) is 0.326. The van der Waals surface area contributed by atoms with Crippen LogP contribution in [0.1, 0.15) is 19.8 Å². The Kier molecular flexibility index (Phi) is 3.76. The van der Waals surface area contributed by atoms with E-state index in [0.29, 0.717) is 12.1 Å².